The fourth-order valence-corrected chi connectivity index (χ4v) is 3.53. The second-order valence-electron chi connectivity index (χ2n) is 5.00. The lowest BCUT2D eigenvalue weighted by atomic mass is 10.3. The third kappa shape index (κ3) is 4.10. The average Bonchev–Trinajstić information content (AvgIpc) is 3.09. The highest BCUT2D eigenvalue weighted by Gasteiger charge is 2.17. The molecule has 3 heterocycles. The molecule has 0 amide bonds. The highest BCUT2D eigenvalue weighted by atomic mass is 79.9. The summed E-state index contributed by atoms with van der Waals surface area (Å²) < 4.78 is 12.5. The Bertz CT molecular complexity index is 582. The van der Waals surface area contributed by atoms with Gasteiger partial charge in [0.2, 0.25) is 5.89 Å². The second-order valence-corrected chi connectivity index (χ2v) is 7.46. The zero-order valence-corrected chi connectivity index (χ0v) is 14.1. The van der Waals surface area contributed by atoms with Crippen LogP contribution in [0.1, 0.15) is 5.89 Å². The first-order valence-electron chi connectivity index (χ1n) is 6.79. The topological polar surface area (TPSA) is 63.4 Å². The highest BCUT2D eigenvalue weighted by molar-refractivity contribution is 9.11. The lowest BCUT2D eigenvalue weighted by molar-refractivity contribution is 0.00775. The van der Waals surface area contributed by atoms with E-state index in [2.05, 4.69) is 36.3 Å². The van der Waals surface area contributed by atoms with Crippen LogP contribution in [0.25, 0.3) is 10.8 Å². The van der Waals surface area contributed by atoms with Gasteiger partial charge in [-0.25, -0.2) is 0 Å². The number of nitrogens with one attached hydrogen (secondary N) is 1. The number of rotatable bonds is 5. The summed E-state index contributed by atoms with van der Waals surface area (Å²) >= 11 is 5.01. The Morgan fingerprint density at radius 1 is 1.48 bits per heavy atom. The molecule has 3 rings (SSSR count). The molecule has 2 aromatic heterocycles. The number of hydrogen-bond acceptors (Lipinski definition) is 7. The van der Waals surface area contributed by atoms with Crippen molar-refractivity contribution in [3.63, 3.8) is 0 Å². The van der Waals surface area contributed by atoms with Gasteiger partial charge in [-0.2, -0.15) is 0 Å². The van der Waals surface area contributed by atoms with E-state index in [-0.39, 0.29) is 6.10 Å². The Morgan fingerprint density at radius 2 is 2.38 bits per heavy atom. The summed E-state index contributed by atoms with van der Waals surface area (Å²) in [5, 5.41) is 11.5. The first-order valence-corrected chi connectivity index (χ1v) is 8.40. The molecule has 0 radical (unpaired) electrons. The van der Waals surface area contributed by atoms with E-state index in [4.69, 9.17) is 9.15 Å². The minimum atomic E-state index is 0.222. The number of hydrogen-bond donors (Lipinski definition) is 1. The summed E-state index contributed by atoms with van der Waals surface area (Å²) in [6, 6.07) is 3.95. The summed E-state index contributed by atoms with van der Waals surface area (Å²) in [5.41, 5.74) is 0. The lowest BCUT2D eigenvalue weighted by Gasteiger charge is -2.27. The number of likely N-dealkylation sites (N-methyl/N-ethyl adjacent to an activating group) is 1. The zero-order chi connectivity index (χ0) is 14.7. The molecule has 0 bridgehead atoms. The van der Waals surface area contributed by atoms with Crippen molar-refractivity contribution in [3.8, 4) is 10.8 Å². The van der Waals surface area contributed by atoms with E-state index in [1.54, 1.807) is 11.3 Å². The van der Waals surface area contributed by atoms with Crippen LogP contribution in [0.5, 0.6) is 0 Å². The molecule has 1 atom stereocenters. The maximum atomic E-state index is 5.71. The predicted molar refractivity (Wildman–Crippen MR) is 84.3 cm³/mol. The molecular formula is C13H17BrN4O2S. The number of halogens is 1. The van der Waals surface area contributed by atoms with Gasteiger partial charge in [-0.3, -0.25) is 4.90 Å². The smallest absolute Gasteiger partial charge is 0.257 e. The van der Waals surface area contributed by atoms with Gasteiger partial charge in [-0.1, -0.05) is 0 Å². The van der Waals surface area contributed by atoms with Crippen LogP contribution in [-0.2, 0) is 11.3 Å². The quantitative estimate of drug-likeness (QED) is 0.865. The minimum absolute atomic E-state index is 0.222. The van der Waals surface area contributed by atoms with E-state index in [0.29, 0.717) is 18.3 Å². The van der Waals surface area contributed by atoms with Crippen molar-refractivity contribution in [1.29, 1.82) is 0 Å². The molecule has 1 fully saturated rings. The summed E-state index contributed by atoms with van der Waals surface area (Å²) in [7, 11) is 2.03. The molecule has 2 aromatic rings. The van der Waals surface area contributed by atoms with Gasteiger partial charge in [0.25, 0.3) is 5.89 Å². The molecule has 1 saturated heterocycles. The Morgan fingerprint density at radius 3 is 3.10 bits per heavy atom. The Labute approximate surface area is 135 Å². The monoisotopic (exact) mass is 372 g/mol. The molecule has 0 aliphatic carbocycles. The number of nitrogens with zero attached hydrogens (tertiary/aromatic N) is 3. The number of aromatic nitrogens is 2. The third-order valence-electron chi connectivity index (χ3n) is 3.18. The van der Waals surface area contributed by atoms with Crippen molar-refractivity contribution in [2.75, 3.05) is 33.3 Å². The molecular weight excluding hydrogens is 356 g/mol. The van der Waals surface area contributed by atoms with Crippen LogP contribution in [-0.4, -0.2) is 54.5 Å². The molecule has 1 aliphatic rings. The first kappa shape index (κ1) is 15.1. The van der Waals surface area contributed by atoms with Gasteiger partial charge in [0.15, 0.2) is 0 Å². The van der Waals surface area contributed by atoms with Gasteiger partial charge >= 0.3 is 0 Å². The van der Waals surface area contributed by atoms with Crippen LogP contribution in [0.3, 0.4) is 0 Å². The van der Waals surface area contributed by atoms with Crippen LogP contribution in [0.15, 0.2) is 20.3 Å². The van der Waals surface area contributed by atoms with E-state index in [1.165, 1.54) is 0 Å². The summed E-state index contributed by atoms with van der Waals surface area (Å²) in [4.78, 5) is 3.11. The van der Waals surface area contributed by atoms with E-state index < -0.39 is 0 Å². The van der Waals surface area contributed by atoms with Crippen LogP contribution in [0.4, 0.5) is 0 Å². The van der Waals surface area contributed by atoms with Gasteiger partial charge in [-0.05, 0) is 35.1 Å². The first-order chi connectivity index (χ1) is 10.2. The molecule has 0 spiro atoms. The average molecular weight is 373 g/mol. The highest BCUT2D eigenvalue weighted by Crippen LogP contribution is 2.30. The SMILES string of the molecule is CN(Cc1nnc(-c2ccc(Br)s2)o1)CC1CNCCO1. The largest absolute Gasteiger partial charge is 0.419 e. The van der Waals surface area contributed by atoms with E-state index >= 15 is 0 Å². The van der Waals surface area contributed by atoms with Gasteiger partial charge < -0.3 is 14.5 Å². The fraction of sp³-hybridized carbons (Fsp3) is 0.538. The lowest BCUT2D eigenvalue weighted by Crippen LogP contribution is -2.44. The van der Waals surface area contributed by atoms with Gasteiger partial charge in [-0.15, -0.1) is 21.5 Å². The molecule has 6 nitrogen and oxygen atoms in total. The van der Waals surface area contributed by atoms with Gasteiger partial charge in [0, 0.05) is 19.6 Å². The van der Waals surface area contributed by atoms with E-state index in [0.717, 1.165) is 34.9 Å². The van der Waals surface area contributed by atoms with Crippen molar-refractivity contribution < 1.29 is 9.15 Å². The Hall–Kier alpha value is -0.800. The summed E-state index contributed by atoms with van der Waals surface area (Å²) in [6.45, 7) is 4.07. The number of morpholine rings is 1. The molecule has 0 aromatic carbocycles. The minimum Gasteiger partial charge on any atom is -0.419 e. The van der Waals surface area contributed by atoms with Crippen molar-refractivity contribution in [3.05, 3.63) is 21.8 Å². The molecule has 8 heteroatoms. The fourth-order valence-electron chi connectivity index (χ4n) is 2.23. The maximum absolute atomic E-state index is 5.71. The predicted octanol–water partition coefficient (Wildman–Crippen LogP) is 1.98. The maximum Gasteiger partial charge on any atom is 0.257 e. The van der Waals surface area contributed by atoms with Gasteiger partial charge in [0.1, 0.15) is 0 Å². The van der Waals surface area contributed by atoms with E-state index in [9.17, 15) is 0 Å². The van der Waals surface area contributed by atoms with Crippen LogP contribution < -0.4 is 5.32 Å². The third-order valence-corrected chi connectivity index (χ3v) is 4.79. The Kier molecular flexibility index (Phi) is 5.02. The normalized spacial score (nSPS) is 19.3. The molecule has 1 unspecified atom stereocenters. The summed E-state index contributed by atoms with van der Waals surface area (Å²) in [5.74, 6) is 1.20. The van der Waals surface area contributed by atoms with Crippen molar-refractivity contribution >= 4 is 27.3 Å². The van der Waals surface area contributed by atoms with Crippen molar-refractivity contribution in [1.82, 2.24) is 20.4 Å². The summed E-state index contributed by atoms with van der Waals surface area (Å²) in [6.07, 6.45) is 0.222. The molecule has 114 valence electrons. The van der Waals surface area contributed by atoms with Crippen LogP contribution in [0.2, 0.25) is 0 Å². The standard InChI is InChI=1S/C13H17BrN4O2S/c1-18(7-9-6-15-4-5-19-9)8-12-16-17-13(20-12)10-2-3-11(14)21-10/h2-3,9,15H,4-8H2,1H3. The molecule has 0 saturated carbocycles. The van der Waals surface area contributed by atoms with Crippen molar-refractivity contribution in [2.24, 2.45) is 0 Å². The van der Waals surface area contributed by atoms with Crippen LogP contribution in [0, 0.1) is 0 Å². The Balaban J connectivity index is 1.56. The molecule has 21 heavy (non-hydrogen) atoms. The van der Waals surface area contributed by atoms with Gasteiger partial charge in [0.05, 0.1) is 27.9 Å². The number of thiophene rings is 1. The molecule has 1 aliphatic heterocycles. The van der Waals surface area contributed by atoms with Crippen LogP contribution >= 0.6 is 27.3 Å². The van der Waals surface area contributed by atoms with E-state index in [1.807, 2.05) is 19.2 Å². The zero-order valence-electron chi connectivity index (χ0n) is 11.7. The number of ether oxygens (including phenoxy) is 1. The molecule has 1 N–H and O–H groups in total. The van der Waals surface area contributed by atoms with Crippen molar-refractivity contribution in [2.45, 2.75) is 12.6 Å². The second kappa shape index (κ2) is 6.97.